The van der Waals surface area contributed by atoms with Crippen molar-refractivity contribution < 1.29 is 0 Å². The number of hydrogen-bond acceptors (Lipinski definition) is 3. The summed E-state index contributed by atoms with van der Waals surface area (Å²) in [5, 5.41) is 6.95. The van der Waals surface area contributed by atoms with Gasteiger partial charge < -0.3 is 0 Å². The van der Waals surface area contributed by atoms with Gasteiger partial charge in [-0.3, -0.25) is 4.40 Å². The fourth-order valence-corrected chi connectivity index (χ4v) is 6.27. The van der Waals surface area contributed by atoms with Crippen LogP contribution in [0.1, 0.15) is 0 Å². The van der Waals surface area contributed by atoms with Crippen molar-refractivity contribution in [1.82, 2.24) is 19.4 Å². The lowest BCUT2D eigenvalue weighted by Gasteiger charge is -2.14. The quantitative estimate of drug-likeness (QED) is 0.213. The molecule has 0 atom stereocenters. The molecule has 0 saturated carbocycles. The minimum Gasteiger partial charge on any atom is -0.299 e. The molecule has 4 heteroatoms. The van der Waals surface area contributed by atoms with Gasteiger partial charge in [-0.1, -0.05) is 103 Å². The summed E-state index contributed by atoms with van der Waals surface area (Å²) in [6.07, 6.45) is 2.10. The fraction of sp³-hybridized carbons (Fsp3) is 0. The van der Waals surface area contributed by atoms with Crippen LogP contribution in [-0.4, -0.2) is 19.4 Å². The minimum atomic E-state index is 0.878. The molecule has 3 heterocycles. The second-order valence-corrected chi connectivity index (χ2v) is 10.5. The maximum absolute atomic E-state index is 5.30. The fourth-order valence-electron chi connectivity index (χ4n) is 6.27. The Balaban J connectivity index is 1.40. The van der Waals surface area contributed by atoms with Gasteiger partial charge >= 0.3 is 0 Å². The highest BCUT2D eigenvalue weighted by atomic mass is 15.0. The highest BCUT2D eigenvalue weighted by molar-refractivity contribution is 6.24. The maximum Gasteiger partial charge on any atom is 0.137 e. The SMILES string of the molecule is c1ccc(-c2nc3c(ccc4ccccc43)nc2-c2ccc3c(c2)c2ccccc2c2nc4ccccn4c32)cc1. The molecule has 0 bridgehead atoms. The van der Waals surface area contributed by atoms with Crippen molar-refractivity contribution in [3.05, 3.63) is 134 Å². The van der Waals surface area contributed by atoms with E-state index in [2.05, 4.69) is 126 Å². The zero-order valence-electron chi connectivity index (χ0n) is 22.0. The number of rotatable bonds is 2. The van der Waals surface area contributed by atoms with E-state index in [1.807, 2.05) is 12.1 Å². The van der Waals surface area contributed by atoms with Gasteiger partial charge in [-0.05, 0) is 40.4 Å². The Bertz CT molecular complexity index is 2470. The summed E-state index contributed by atoms with van der Waals surface area (Å²) in [4.78, 5) is 15.6. The number of benzene rings is 6. The largest absolute Gasteiger partial charge is 0.299 e. The normalized spacial score (nSPS) is 11.9. The Hall–Kier alpha value is -5.61. The second-order valence-electron chi connectivity index (χ2n) is 10.5. The zero-order chi connectivity index (χ0) is 26.9. The van der Waals surface area contributed by atoms with E-state index in [0.29, 0.717) is 0 Å². The van der Waals surface area contributed by atoms with Crippen LogP contribution in [0, 0.1) is 0 Å². The molecule has 0 fully saturated rings. The standard InChI is InChI=1S/C37H22N4/c1-2-11-24(12-3-1)33-34(38-31-20-18-23-10-4-5-13-26(23)35(31)40-33)25-17-19-29-30(22-25)27-14-6-7-15-28(27)36-37(29)41-21-9-8-16-32(41)39-36/h1-22H. The van der Waals surface area contributed by atoms with Crippen LogP contribution in [0.4, 0.5) is 0 Å². The molecular formula is C37H22N4. The Morgan fingerprint density at radius 1 is 0.439 bits per heavy atom. The number of pyridine rings is 1. The summed E-state index contributed by atoms with van der Waals surface area (Å²) >= 11 is 0. The van der Waals surface area contributed by atoms with E-state index in [-0.39, 0.29) is 0 Å². The lowest BCUT2D eigenvalue weighted by atomic mass is 9.95. The van der Waals surface area contributed by atoms with Crippen molar-refractivity contribution in [2.75, 3.05) is 0 Å². The lowest BCUT2D eigenvalue weighted by Crippen LogP contribution is -1.96. The molecule has 0 spiro atoms. The molecule has 0 radical (unpaired) electrons. The first-order valence-electron chi connectivity index (χ1n) is 13.8. The van der Waals surface area contributed by atoms with Crippen LogP contribution in [0.3, 0.4) is 0 Å². The summed E-state index contributed by atoms with van der Waals surface area (Å²) in [6, 6.07) is 44.4. The van der Waals surface area contributed by atoms with Crippen LogP contribution >= 0.6 is 0 Å². The van der Waals surface area contributed by atoms with Gasteiger partial charge in [0.05, 0.1) is 33.5 Å². The third-order valence-electron chi connectivity index (χ3n) is 8.16. The van der Waals surface area contributed by atoms with Crippen LogP contribution in [0.25, 0.3) is 82.5 Å². The van der Waals surface area contributed by atoms with Crippen molar-refractivity contribution >= 4 is 60.0 Å². The first-order chi connectivity index (χ1) is 20.3. The van der Waals surface area contributed by atoms with Crippen molar-refractivity contribution in [3.63, 3.8) is 0 Å². The highest BCUT2D eigenvalue weighted by Crippen LogP contribution is 2.39. The van der Waals surface area contributed by atoms with E-state index in [1.54, 1.807) is 0 Å². The van der Waals surface area contributed by atoms with Gasteiger partial charge in [0.15, 0.2) is 0 Å². The van der Waals surface area contributed by atoms with Crippen molar-refractivity contribution in [2.45, 2.75) is 0 Å². The molecule has 0 N–H and O–H groups in total. The molecule has 0 aliphatic heterocycles. The molecular weight excluding hydrogens is 500 g/mol. The van der Waals surface area contributed by atoms with E-state index in [0.717, 1.165) is 66.4 Å². The molecule has 0 saturated heterocycles. The van der Waals surface area contributed by atoms with Crippen molar-refractivity contribution in [2.24, 2.45) is 0 Å². The molecule has 6 aromatic carbocycles. The number of hydrogen-bond donors (Lipinski definition) is 0. The predicted octanol–water partition coefficient (Wildman–Crippen LogP) is 9.22. The molecule has 9 aromatic rings. The first kappa shape index (κ1) is 22.2. The van der Waals surface area contributed by atoms with Gasteiger partial charge in [0.25, 0.3) is 0 Å². The molecule has 190 valence electrons. The average Bonchev–Trinajstić information content (AvgIpc) is 3.44. The number of fused-ring (bicyclic) bond motifs is 11. The van der Waals surface area contributed by atoms with E-state index in [1.165, 1.54) is 16.2 Å². The van der Waals surface area contributed by atoms with Crippen LogP contribution in [0.5, 0.6) is 0 Å². The monoisotopic (exact) mass is 522 g/mol. The lowest BCUT2D eigenvalue weighted by molar-refractivity contribution is 1.23. The molecule has 9 rings (SSSR count). The van der Waals surface area contributed by atoms with Crippen molar-refractivity contribution in [3.8, 4) is 22.5 Å². The average molecular weight is 523 g/mol. The minimum absolute atomic E-state index is 0.878. The molecule has 0 unspecified atom stereocenters. The van der Waals surface area contributed by atoms with Crippen molar-refractivity contribution in [1.29, 1.82) is 0 Å². The van der Waals surface area contributed by atoms with Gasteiger partial charge in [-0.2, -0.15) is 0 Å². The van der Waals surface area contributed by atoms with Gasteiger partial charge in [-0.15, -0.1) is 0 Å². The predicted molar refractivity (Wildman–Crippen MR) is 169 cm³/mol. The van der Waals surface area contributed by atoms with E-state index < -0.39 is 0 Å². The summed E-state index contributed by atoms with van der Waals surface area (Å²) in [6.45, 7) is 0. The van der Waals surface area contributed by atoms with E-state index >= 15 is 0 Å². The van der Waals surface area contributed by atoms with Gasteiger partial charge in [0.2, 0.25) is 0 Å². The third-order valence-corrected chi connectivity index (χ3v) is 8.16. The molecule has 4 nitrogen and oxygen atoms in total. The molecule has 41 heavy (non-hydrogen) atoms. The number of aromatic nitrogens is 4. The Labute approximate surface area is 235 Å². The first-order valence-corrected chi connectivity index (χ1v) is 13.8. The summed E-state index contributed by atoms with van der Waals surface area (Å²) in [7, 11) is 0. The number of imidazole rings is 1. The zero-order valence-corrected chi connectivity index (χ0v) is 22.0. The van der Waals surface area contributed by atoms with Crippen LogP contribution in [0.2, 0.25) is 0 Å². The Morgan fingerprint density at radius 3 is 2.10 bits per heavy atom. The van der Waals surface area contributed by atoms with Crippen LogP contribution < -0.4 is 0 Å². The summed E-state index contributed by atoms with van der Waals surface area (Å²) < 4.78 is 2.19. The highest BCUT2D eigenvalue weighted by Gasteiger charge is 2.18. The Morgan fingerprint density at radius 2 is 1.20 bits per heavy atom. The smallest absolute Gasteiger partial charge is 0.137 e. The van der Waals surface area contributed by atoms with Gasteiger partial charge in [0, 0.05) is 33.5 Å². The summed E-state index contributed by atoms with van der Waals surface area (Å²) in [5.74, 6) is 0. The second kappa shape index (κ2) is 8.44. The summed E-state index contributed by atoms with van der Waals surface area (Å²) in [5.41, 5.74) is 8.75. The molecule has 0 amide bonds. The molecule has 0 aliphatic carbocycles. The number of nitrogens with zero attached hydrogens (tertiary/aromatic N) is 4. The molecule has 3 aromatic heterocycles. The topological polar surface area (TPSA) is 43.1 Å². The van der Waals surface area contributed by atoms with Gasteiger partial charge in [-0.25, -0.2) is 15.0 Å². The maximum atomic E-state index is 5.30. The van der Waals surface area contributed by atoms with E-state index in [4.69, 9.17) is 15.0 Å². The van der Waals surface area contributed by atoms with E-state index in [9.17, 15) is 0 Å². The third kappa shape index (κ3) is 3.25. The van der Waals surface area contributed by atoms with Gasteiger partial charge in [0.1, 0.15) is 5.65 Å². The van der Waals surface area contributed by atoms with Crippen LogP contribution in [-0.2, 0) is 0 Å². The molecule has 0 aliphatic rings. The Kier molecular flexibility index (Phi) is 4.58. The van der Waals surface area contributed by atoms with Crippen LogP contribution in [0.15, 0.2) is 134 Å².